The predicted molar refractivity (Wildman–Crippen MR) is 60.8 cm³/mol. The molecule has 82 valence electrons. The van der Waals surface area contributed by atoms with Gasteiger partial charge in [0.1, 0.15) is 0 Å². The van der Waals surface area contributed by atoms with Crippen LogP contribution < -0.4 is 29.6 Å². The van der Waals surface area contributed by atoms with Crippen LogP contribution in [-0.4, -0.2) is 37.7 Å². The molecule has 0 unspecified atom stereocenters. The van der Waals surface area contributed by atoms with E-state index < -0.39 is 0 Å². The zero-order chi connectivity index (χ0) is 7.72. The van der Waals surface area contributed by atoms with Crippen LogP contribution >= 0.6 is 12.2 Å². The minimum atomic E-state index is 0. The first-order valence-corrected chi connectivity index (χ1v) is 4.44. The molecule has 4 nitrogen and oxygen atoms in total. The van der Waals surface area contributed by atoms with Crippen molar-refractivity contribution in [2.45, 2.75) is 38.8 Å². The topological polar surface area (TPSA) is 97.7 Å². The summed E-state index contributed by atoms with van der Waals surface area (Å²) in [6.07, 6.45) is 2.47. The van der Waals surface area contributed by atoms with Gasteiger partial charge in [-0.15, -0.1) is 0 Å². The van der Waals surface area contributed by atoms with E-state index >= 15 is 0 Å². The Hall–Kier alpha value is 0.990. The van der Waals surface area contributed by atoms with Gasteiger partial charge in [-0.05, 0) is 26.7 Å². The Bertz CT molecular complexity index is 152. The van der Waals surface area contributed by atoms with Crippen molar-refractivity contribution in [3.63, 3.8) is 0 Å². The molecule has 1 aliphatic rings. The maximum Gasteiger partial charge on any atom is 1.00 e. The van der Waals surface area contributed by atoms with Crippen molar-refractivity contribution >= 4 is 29.2 Å². The second-order valence-electron chi connectivity index (χ2n) is 2.95. The van der Waals surface area contributed by atoms with Gasteiger partial charge in [-0.1, -0.05) is 4.32 Å². The average molecular weight is 251 g/mol. The first kappa shape index (κ1) is 24.3. The Kier molecular flexibility index (Phi) is 18.2. The van der Waals surface area contributed by atoms with Gasteiger partial charge in [-0.3, -0.25) is 0 Å². The summed E-state index contributed by atoms with van der Waals surface area (Å²) < 4.78 is 0.637. The van der Waals surface area contributed by atoms with Gasteiger partial charge in [0.05, 0.1) is 0 Å². The quantitative estimate of drug-likeness (QED) is 0.251. The van der Waals surface area contributed by atoms with Gasteiger partial charge in [0, 0.05) is 12.1 Å². The second kappa shape index (κ2) is 10.5. The molecule has 1 aliphatic heterocycles. The molecule has 0 aliphatic carbocycles. The number of hydrogen-bond donors (Lipinski definition) is 0. The summed E-state index contributed by atoms with van der Waals surface area (Å²) >= 11 is 9.90. The third-order valence-electron chi connectivity index (χ3n) is 2.16. The van der Waals surface area contributed by atoms with E-state index in [2.05, 4.69) is 18.7 Å². The summed E-state index contributed by atoms with van der Waals surface area (Å²) in [5, 5.41) is 0. The van der Waals surface area contributed by atoms with Crippen molar-refractivity contribution in [2.24, 2.45) is 0 Å². The van der Waals surface area contributed by atoms with Crippen LogP contribution in [0, 0.1) is 0 Å². The summed E-state index contributed by atoms with van der Waals surface area (Å²) in [6.45, 7) is 4.37. The third kappa shape index (κ3) is 5.77. The summed E-state index contributed by atoms with van der Waals surface area (Å²) in [7, 11) is 0. The van der Waals surface area contributed by atoms with Crippen LogP contribution in [0.5, 0.6) is 0 Å². The van der Waals surface area contributed by atoms with Gasteiger partial charge >= 0.3 is 29.6 Å². The van der Waals surface area contributed by atoms with E-state index in [9.17, 15) is 0 Å². The summed E-state index contributed by atoms with van der Waals surface area (Å²) in [4.78, 5) is 2.16. The fourth-order valence-corrected chi connectivity index (χ4v) is 2.27. The summed E-state index contributed by atoms with van der Waals surface area (Å²) in [5.74, 6) is 0. The molecule has 2 atom stereocenters. The van der Waals surface area contributed by atoms with Crippen LogP contribution in [-0.2, 0) is 12.6 Å². The van der Waals surface area contributed by atoms with Crippen LogP contribution in [0.1, 0.15) is 26.7 Å². The minimum Gasteiger partial charge on any atom is -0.412 e. The molecule has 0 bridgehead atoms. The van der Waals surface area contributed by atoms with Crippen LogP contribution in [0.15, 0.2) is 0 Å². The van der Waals surface area contributed by atoms with Gasteiger partial charge in [-0.25, -0.2) is 0 Å². The van der Waals surface area contributed by atoms with Crippen LogP contribution in [0.4, 0.5) is 0 Å². The molecule has 0 saturated carbocycles. The number of likely N-dealkylation sites (tertiary alicyclic amines) is 1. The number of thiocarbonyl (C=S) groups is 1. The summed E-state index contributed by atoms with van der Waals surface area (Å²) in [6, 6.07) is 1.14. The molecule has 1 heterocycles. The van der Waals surface area contributed by atoms with Crippen LogP contribution in [0.3, 0.4) is 0 Å². The maximum atomic E-state index is 4.95. The Morgan fingerprint density at radius 3 is 1.57 bits per heavy atom. The fourth-order valence-electron chi connectivity index (χ4n) is 1.55. The molecular formula is C7H18NNaO3S2. The molecule has 0 aromatic carbocycles. The van der Waals surface area contributed by atoms with E-state index in [1.54, 1.807) is 0 Å². The van der Waals surface area contributed by atoms with Crippen molar-refractivity contribution in [1.82, 2.24) is 4.90 Å². The second-order valence-corrected chi connectivity index (χ2v) is 3.98. The van der Waals surface area contributed by atoms with E-state index in [0.717, 1.165) is 0 Å². The molecule has 0 aromatic heterocycles. The van der Waals surface area contributed by atoms with Gasteiger partial charge in [-0.2, -0.15) is 0 Å². The van der Waals surface area contributed by atoms with Crippen molar-refractivity contribution < 1.29 is 46.0 Å². The Morgan fingerprint density at radius 1 is 1.14 bits per heavy atom. The molecule has 0 amide bonds. The largest absolute Gasteiger partial charge is 1.00 e. The smallest absolute Gasteiger partial charge is 0.412 e. The van der Waals surface area contributed by atoms with Gasteiger partial charge in [0.25, 0.3) is 0 Å². The van der Waals surface area contributed by atoms with Gasteiger partial charge < -0.3 is 46.2 Å². The third-order valence-corrected chi connectivity index (χ3v) is 2.58. The molecule has 0 aromatic rings. The molecule has 6 N–H and O–H groups in total. The van der Waals surface area contributed by atoms with Crippen molar-refractivity contribution in [3.05, 3.63) is 0 Å². The number of hydrogen-bond acceptors (Lipinski definition) is 2. The molecule has 1 saturated heterocycles. The van der Waals surface area contributed by atoms with Crippen LogP contribution in [0.2, 0.25) is 0 Å². The molecule has 14 heavy (non-hydrogen) atoms. The molecule has 7 heteroatoms. The van der Waals surface area contributed by atoms with E-state index in [1.807, 2.05) is 0 Å². The fraction of sp³-hybridized carbons (Fsp3) is 0.857. The van der Waals surface area contributed by atoms with Crippen molar-refractivity contribution in [1.29, 1.82) is 0 Å². The summed E-state index contributed by atoms with van der Waals surface area (Å²) in [5.41, 5.74) is 0. The molecule has 0 spiro atoms. The van der Waals surface area contributed by atoms with E-state index in [1.165, 1.54) is 12.8 Å². The maximum absolute atomic E-state index is 4.95. The van der Waals surface area contributed by atoms with Gasteiger partial charge in [0.2, 0.25) is 0 Å². The number of nitrogens with zero attached hydrogens (tertiary/aromatic N) is 1. The normalized spacial score (nSPS) is 23.4. The first-order valence-electron chi connectivity index (χ1n) is 3.62. The average Bonchev–Trinajstić information content (AvgIpc) is 2.11. The van der Waals surface area contributed by atoms with Crippen molar-refractivity contribution in [3.8, 4) is 0 Å². The van der Waals surface area contributed by atoms with Crippen molar-refractivity contribution in [2.75, 3.05) is 0 Å². The standard InChI is InChI=1S/C7H13NS2.Na.3H2O/c1-5-3-4-6(2)8(5)7(9)10;;;;/h5-6H,3-4H2,1-2H3,(H,9,10);;3*1H2/q;+1;;;/p-1/t5-,6-;;;;/m0..../s1. The molecule has 1 fully saturated rings. The monoisotopic (exact) mass is 251 g/mol. The minimum absolute atomic E-state index is 0. The van der Waals surface area contributed by atoms with Gasteiger partial charge in [0.15, 0.2) is 0 Å². The first-order chi connectivity index (χ1) is 4.63. The van der Waals surface area contributed by atoms with E-state index in [0.29, 0.717) is 16.4 Å². The molecule has 1 rings (SSSR count). The van der Waals surface area contributed by atoms with E-state index in [4.69, 9.17) is 24.8 Å². The molecule has 0 radical (unpaired) electrons. The Labute approximate surface area is 118 Å². The zero-order valence-electron chi connectivity index (χ0n) is 8.83. The zero-order valence-corrected chi connectivity index (χ0v) is 12.5. The SMILES string of the molecule is C[C@H]1CC[C@H](C)N1C(=S)[S-].O.O.O.[Na+]. The Balaban J connectivity index is -0.000000125. The van der Waals surface area contributed by atoms with E-state index in [-0.39, 0.29) is 46.0 Å². The van der Waals surface area contributed by atoms with Crippen LogP contribution in [0.25, 0.3) is 0 Å². The predicted octanol–water partition coefficient (Wildman–Crippen LogP) is -3.78. The molecular weight excluding hydrogens is 233 g/mol. The number of rotatable bonds is 0. The Morgan fingerprint density at radius 2 is 1.43 bits per heavy atom.